The summed E-state index contributed by atoms with van der Waals surface area (Å²) in [6.07, 6.45) is 8.60. The Kier molecular flexibility index (Phi) is 4.16. The Balaban J connectivity index is 1.57. The predicted molar refractivity (Wildman–Crippen MR) is 83.5 cm³/mol. The number of hydrogen-bond donors (Lipinski definition) is 2. The molecule has 0 radical (unpaired) electrons. The first-order valence-corrected chi connectivity index (χ1v) is 7.96. The van der Waals surface area contributed by atoms with Gasteiger partial charge in [0, 0.05) is 12.2 Å². The van der Waals surface area contributed by atoms with Crippen LogP contribution in [0.2, 0.25) is 5.02 Å². The first-order chi connectivity index (χ1) is 9.72. The van der Waals surface area contributed by atoms with Gasteiger partial charge in [-0.25, -0.2) is 0 Å². The maximum absolute atomic E-state index is 11.4. The van der Waals surface area contributed by atoms with Crippen LogP contribution in [0.15, 0.2) is 12.1 Å². The summed E-state index contributed by atoms with van der Waals surface area (Å²) in [7, 11) is 0. The van der Waals surface area contributed by atoms with E-state index in [9.17, 15) is 4.79 Å². The molecule has 3 nitrogen and oxygen atoms in total. The van der Waals surface area contributed by atoms with Crippen molar-refractivity contribution in [2.45, 2.75) is 44.9 Å². The zero-order valence-corrected chi connectivity index (χ0v) is 12.4. The molecule has 0 spiro atoms. The minimum atomic E-state index is 0.0513. The lowest BCUT2D eigenvalue weighted by molar-refractivity contribution is -0.115. The highest BCUT2D eigenvalue weighted by Crippen LogP contribution is 2.33. The maximum Gasteiger partial charge on any atom is 0.228 e. The van der Waals surface area contributed by atoms with Crippen molar-refractivity contribution >= 4 is 28.9 Å². The molecule has 20 heavy (non-hydrogen) atoms. The largest absolute Gasteiger partial charge is 0.384 e. The van der Waals surface area contributed by atoms with Crippen LogP contribution in [0.1, 0.15) is 44.1 Å². The summed E-state index contributed by atoms with van der Waals surface area (Å²) in [5.41, 5.74) is 2.86. The summed E-state index contributed by atoms with van der Waals surface area (Å²) in [6.45, 7) is 0.963. The lowest BCUT2D eigenvalue weighted by atomic mass is 9.87. The highest BCUT2D eigenvalue weighted by Gasteiger charge is 2.19. The van der Waals surface area contributed by atoms with Crippen molar-refractivity contribution in [3.63, 3.8) is 0 Å². The zero-order chi connectivity index (χ0) is 13.9. The Hall–Kier alpha value is -1.22. The summed E-state index contributed by atoms with van der Waals surface area (Å²) in [4.78, 5) is 11.4. The Labute approximate surface area is 125 Å². The van der Waals surface area contributed by atoms with Crippen LogP contribution in [-0.4, -0.2) is 12.5 Å². The van der Waals surface area contributed by atoms with Crippen LogP contribution < -0.4 is 10.6 Å². The molecule has 2 aliphatic rings. The quantitative estimate of drug-likeness (QED) is 0.872. The van der Waals surface area contributed by atoms with Crippen molar-refractivity contribution in [1.29, 1.82) is 0 Å². The minimum absolute atomic E-state index is 0.0513. The standard InChI is InChI=1S/C16H21ClN2O/c17-13-10-14-12(9-16(20)19-14)8-15(13)18-7-6-11-4-2-1-3-5-11/h8,10-11,18H,1-7,9H2,(H,19,20). The topological polar surface area (TPSA) is 41.1 Å². The molecule has 1 amide bonds. The van der Waals surface area contributed by atoms with Gasteiger partial charge in [0.2, 0.25) is 5.91 Å². The molecule has 1 aliphatic carbocycles. The first kappa shape index (κ1) is 13.7. The smallest absolute Gasteiger partial charge is 0.228 e. The summed E-state index contributed by atoms with van der Waals surface area (Å²) < 4.78 is 0. The third kappa shape index (κ3) is 3.09. The number of hydrogen-bond acceptors (Lipinski definition) is 2. The molecule has 108 valence electrons. The van der Waals surface area contributed by atoms with E-state index < -0.39 is 0 Å². The van der Waals surface area contributed by atoms with Crippen LogP contribution in [0.3, 0.4) is 0 Å². The normalized spacial score (nSPS) is 18.8. The second-order valence-corrected chi connectivity index (χ2v) is 6.34. The molecular weight excluding hydrogens is 272 g/mol. The molecule has 3 rings (SSSR count). The van der Waals surface area contributed by atoms with Gasteiger partial charge in [-0.1, -0.05) is 43.7 Å². The summed E-state index contributed by atoms with van der Waals surface area (Å²) in [6, 6.07) is 3.86. The number of anilines is 2. The monoisotopic (exact) mass is 292 g/mol. The van der Waals surface area contributed by atoms with Crippen LogP contribution in [0.5, 0.6) is 0 Å². The van der Waals surface area contributed by atoms with Gasteiger partial charge in [-0.3, -0.25) is 4.79 Å². The molecule has 0 atom stereocenters. The van der Waals surface area contributed by atoms with E-state index in [1.165, 1.54) is 38.5 Å². The molecular formula is C16H21ClN2O. The van der Waals surface area contributed by atoms with E-state index in [-0.39, 0.29) is 5.91 Å². The van der Waals surface area contributed by atoms with E-state index in [2.05, 4.69) is 10.6 Å². The van der Waals surface area contributed by atoms with Crippen molar-refractivity contribution in [2.24, 2.45) is 5.92 Å². The zero-order valence-electron chi connectivity index (χ0n) is 11.7. The third-order valence-electron chi connectivity index (χ3n) is 4.41. The van der Waals surface area contributed by atoms with Crippen LogP contribution >= 0.6 is 11.6 Å². The van der Waals surface area contributed by atoms with Gasteiger partial charge in [0.15, 0.2) is 0 Å². The van der Waals surface area contributed by atoms with Crippen LogP contribution in [0, 0.1) is 5.92 Å². The average Bonchev–Trinajstić information content (AvgIpc) is 2.79. The van der Waals surface area contributed by atoms with Crippen molar-refractivity contribution in [1.82, 2.24) is 0 Å². The minimum Gasteiger partial charge on any atom is -0.384 e. The van der Waals surface area contributed by atoms with Crippen molar-refractivity contribution in [3.8, 4) is 0 Å². The maximum atomic E-state index is 11.4. The average molecular weight is 293 g/mol. The molecule has 0 unspecified atom stereocenters. The Morgan fingerprint density at radius 3 is 2.85 bits per heavy atom. The lowest BCUT2D eigenvalue weighted by Gasteiger charge is -2.22. The molecule has 1 fully saturated rings. The van der Waals surface area contributed by atoms with Gasteiger partial charge < -0.3 is 10.6 Å². The lowest BCUT2D eigenvalue weighted by Crippen LogP contribution is -2.12. The highest BCUT2D eigenvalue weighted by atomic mass is 35.5. The fourth-order valence-electron chi connectivity index (χ4n) is 3.27. The van der Waals surface area contributed by atoms with Crippen molar-refractivity contribution < 1.29 is 4.79 Å². The Morgan fingerprint density at radius 2 is 2.05 bits per heavy atom. The SMILES string of the molecule is O=C1Cc2cc(NCCC3CCCCC3)c(Cl)cc2N1. The Bertz CT molecular complexity index is 509. The van der Waals surface area contributed by atoms with Gasteiger partial charge in [0.05, 0.1) is 17.1 Å². The van der Waals surface area contributed by atoms with E-state index in [1.54, 1.807) is 0 Å². The second kappa shape index (κ2) is 6.04. The van der Waals surface area contributed by atoms with E-state index in [0.717, 1.165) is 29.4 Å². The fourth-order valence-corrected chi connectivity index (χ4v) is 3.50. The Morgan fingerprint density at radius 1 is 1.25 bits per heavy atom. The van der Waals surface area contributed by atoms with E-state index >= 15 is 0 Å². The molecule has 4 heteroatoms. The number of fused-ring (bicyclic) bond motifs is 1. The summed E-state index contributed by atoms with van der Waals surface area (Å²) in [5, 5.41) is 6.95. The number of amides is 1. The molecule has 2 N–H and O–H groups in total. The first-order valence-electron chi connectivity index (χ1n) is 7.58. The number of nitrogens with one attached hydrogen (secondary N) is 2. The number of benzene rings is 1. The van der Waals surface area contributed by atoms with E-state index in [0.29, 0.717) is 11.4 Å². The van der Waals surface area contributed by atoms with Crippen LogP contribution in [-0.2, 0) is 11.2 Å². The number of carbonyl (C=O) groups is 1. The predicted octanol–water partition coefficient (Wildman–Crippen LogP) is 4.22. The van der Waals surface area contributed by atoms with Gasteiger partial charge in [0.1, 0.15) is 0 Å². The van der Waals surface area contributed by atoms with E-state index in [1.807, 2.05) is 12.1 Å². The number of carbonyl (C=O) groups excluding carboxylic acids is 1. The molecule has 1 aromatic carbocycles. The molecule has 1 saturated carbocycles. The van der Waals surface area contributed by atoms with Crippen LogP contribution in [0.4, 0.5) is 11.4 Å². The molecule has 0 saturated heterocycles. The highest BCUT2D eigenvalue weighted by molar-refractivity contribution is 6.33. The number of halogens is 1. The van der Waals surface area contributed by atoms with E-state index in [4.69, 9.17) is 11.6 Å². The molecule has 1 heterocycles. The van der Waals surface area contributed by atoms with Gasteiger partial charge >= 0.3 is 0 Å². The summed E-state index contributed by atoms with van der Waals surface area (Å²) in [5.74, 6) is 0.920. The third-order valence-corrected chi connectivity index (χ3v) is 4.72. The summed E-state index contributed by atoms with van der Waals surface area (Å²) >= 11 is 6.26. The van der Waals surface area contributed by atoms with Gasteiger partial charge in [-0.2, -0.15) is 0 Å². The van der Waals surface area contributed by atoms with Crippen molar-refractivity contribution in [2.75, 3.05) is 17.2 Å². The molecule has 1 aromatic rings. The molecule has 0 bridgehead atoms. The van der Waals surface area contributed by atoms with Crippen molar-refractivity contribution in [3.05, 3.63) is 22.7 Å². The van der Waals surface area contributed by atoms with Gasteiger partial charge in [0.25, 0.3) is 0 Å². The van der Waals surface area contributed by atoms with Gasteiger partial charge in [-0.15, -0.1) is 0 Å². The fraction of sp³-hybridized carbons (Fsp3) is 0.562. The molecule has 1 aliphatic heterocycles. The van der Waals surface area contributed by atoms with Gasteiger partial charge in [-0.05, 0) is 30.0 Å². The second-order valence-electron chi connectivity index (χ2n) is 5.93. The van der Waals surface area contributed by atoms with Crippen LogP contribution in [0.25, 0.3) is 0 Å². The number of rotatable bonds is 4. The molecule has 0 aromatic heterocycles.